The molecule has 1 aromatic heterocycles. The molecule has 0 bridgehead atoms. The average molecular weight is 275 g/mol. The molecule has 2 rings (SSSR count). The molecule has 4 heteroatoms. The molecule has 0 amide bonds. The Labute approximate surface area is 97.3 Å². The molecule has 1 heterocycles. The summed E-state index contributed by atoms with van der Waals surface area (Å²) >= 11 is 5.08. The number of aromatic nitrogens is 1. The van der Waals surface area contributed by atoms with E-state index in [0.29, 0.717) is 5.41 Å². The van der Waals surface area contributed by atoms with Gasteiger partial charge >= 0.3 is 0 Å². The second kappa shape index (κ2) is 4.19. The second-order valence-electron chi connectivity index (χ2n) is 4.34. The fourth-order valence-electron chi connectivity index (χ4n) is 2.03. The summed E-state index contributed by atoms with van der Waals surface area (Å²) in [6, 6.07) is 0. The van der Waals surface area contributed by atoms with Gasteiger partial charge in [-0.15, -0.1) is 0 Å². The molecule has 1 aliphatic rings. The Kier molecular flexibility index (Phi) is 3.12. The van der Waals surface area contributed by atoms with Gasteiger partial charge < -0.3 is 5.32 Å². The fraction of sp³-hybridized carbons (Fsp3) is 0.700. The second-order valence-corrected chi connectivity index (χ2v) is 6.75. The molecule has 14 heavy (non-hydrogen) atoms. The van der Waals surface area contributed by atoms with Crippen molar-refractivity contribution >= 4 is 32.4 Å². The topological polar surface area (TPSA) is 24.9 Å². The number of nitrogens with one attached hydrogen (secondary N) is 1. The molecule has 0 unspecified atom stereocenters. The maximum Gasteiger partial charge on any atom is 0.183 e. The molecule has 0 radical (unpaired) electrons. The van der Waals surface area contributed by atoms with Crippen LogP contribution >= 0.6 is 27.3 Å². The third-order valence-corrected chi connectivity index (χ3v) is 4.39. The van der Waals surface area contributed by atoms with E-state index in [-0.39, 0.29) is 0 Å². The summed E-state index contributed by atoms with van der Waals surface area (Å²) in [6.07, 6.45) is 7.34. The van der Waals surface area contributed by atoms with Crippen LogP contribution in [-0.2, 0) is 0 Å². The number of hydrogen-bond acceptors (Lipinski definition) is 3. The van der Waals surface area contributed by atoms with Crippen molar-refractivity contribution in [1.82, 2.24) is 4.98 Å². The van der Waals surface area contributed by atoms with Gasteiger partial charge in [-0.2, -0.15) is 0 Å². The molecule has 2 nitrogen and oxygen atoms in total. The van der Waals surface area contributed by atoms with Gasteiger partial charge in [0.25, 0.3) is 0 Å². The van der Waals surface area contributed by atoms with Crippen LogP contribution in [-0.4, -0.2) is 11.5 Å². The molecule has 1 N–H and O–H groups in total. The molecule has 78 valence electrons. The van der Waals surface area contributed by atoms with Gasteiger partial charge in [0, 0.05) is 6.54 Å². The number of thiazole rings is 1. The Balaban J connectivity index is 1.87. The van der Waals surface area contributed by atoms with E-state index in [1.54, 1.807) is 11.3 Å². The number of hydrogen-bond donors (Lipinski definition) is 1. The summed E-state index contributed by atoms with van der Waals surface area (Å²) in [4.78, 5) is 4.27. The zero-order chi connectivity index (χ0) is 10.0. The van der Waals surface area contributed by atoms with Gasteiger partial charge in [0.15, 0.2) is 5.13 Å². The maximum atomic E-state index is 4.27. The minimum atomic E-state index is 0.498. The molecule has 1 aliphatic carbocycles. The largest absolute Gasteiger partial charge is 0.361 e. The highest BCUT2D eigenvalue weighted by molar-refractivity contribution is 9.11. The van der Waals surface area contributed by atoms with Gasteiger partial charge in [-0.1, -0.05) is 31.1 Å². The Morgan fingerprint density at radius 2 is 2.29 bits per heavy atom. The van der Waals surface area contributed by atoms with E-state index in [1.807, 2.05) is 6.20 Å². The first kappa shape index (κ1) is 10.4. The lowest BCUT2D eigenvalue weighted by Gasteiger charge is -2.23. The highest BCUT2D eigenvalue weighted by Crippen LogP contribution is 2.37. The summed E-state index contributed by atoms with van der Waals surface area (Å²) in [5.74, 6) is 0. The van der Waals surface area contributed by atoms with Crippen LogP contribution < -0.4 is 5.32 Å². The third-order valence-electron chi connectivity index (χ3n) is 2.95. The molecule has 0 saturated heterocycles. The van der Waals surface area contributed by atoms with Crippen molar-refractivity contribution < 1.29 is 0 Å². The summed E-state index contributed by atoms with van der Waals surface area (Å²) in [6.45, 7) is 3.43. The molecule has 1 fully saturated rings. The summed E-state index contributed by atoms with van der Waals surface area (Å²) in [5, 5.41) is 4.46. The van der Waals surface area contributed by atoms with Gasteiger partial charge in [0.05, 0.1) is 9.98 Å². The van der Waals surface area contributed by atoms with E-state index in [9.17, 15) is 0 Å². The van der Waals surface area contributed by atoms with E-state index in [1.165, 1.54) is 25.7 Å². The predicted molar refractivity (Wildman–Crippen MR) is 64.9 cm³/mol. The zero-order valence-corrected chi connectivity index (χ0v) is 10.7. The lowest BCUT2D eigenvalue weighted by Crippen LogP contribution is -2.22. The van der Waals surface area contributed by atoms with Crippen LogP contribution in [0.15, 0.2) is 9.98 Å². The lowest BCUT2D eigenvalue weighted by molar-refractivity contribution is 0.362. The van der Waals surface area contributed by atoms with E-state index in [4.69, 9.17) is 0 Å². The van der Waals surface area contributed by atoms with Crippen LogP contribution in [0.25, 0.3) is 0 Å². The molecule has 1 saturated carbocycles. The SMILES string of the molecule is CC1(CNc2ncc(Br)s2)CCCC1. The van der Waals surface area contributed by atoms with Crippen LogP contribution in [0.3, 0.4) is 0 Å². The van der Waals surface area contributed by atoms with E-state index in [2.05, 4.69) is 33.2 Å². The molecule has 1 aromatic rings. The maximum absolute atomic E-state index is 4.27. The fourth-order valence-corrected chi connectivity index (χ4v) is 3.13. The van der Waals surface area contributed by atoms with E-state index < -0.39 is 0 Å². The van der Waals surface area contributed by atoms with Crippen LogP contribution in [0.2, 0.25) is 0 Å². The lowest BCUT2D eigenvalue weighted by atomic mass is 9.89. The molecular formula is C10H15BrN2S. The summed E-state index contributed by atoms with van der Waals surface area (Å²) in [7, 11) is 0. The standard InChI is InChI=1S/C10H15BrN2S/c1-10(4-2-3-5-10)7-13-9-12-6-8(11)14-9/h6H,2-5,7H2,1H3,(H,12,13). The predicted octanol–water partition coefficient (Wildman–Crippen LogP) is 3.90. The average Bonchev–Trinajstić information content (AvgIpc) is 2.73. The number of halogens is 1. The van der Waals surface area contributed by atoms with Crippen LogP contribution in [0.1, 0.15) is 32.6 Å². The van der Waals surface area contributed by atoms with Crippen LogP contribution in [0.4, 0.5) is 5.13 Å². The third kappa shape index (κ3) is 2.48. The van der Waals surface area contributed by atoms with Crippen LogP contribution in [0, 0.1) is 5.41 Å². The monoisotopic (exact) mass is 274 g/mol. The van der Waals surface area contributed by atoms with Crippen molar-refractivity contribution in [3.05, 3.63) is 9.98 Å². The Morgan fingerprint density at radius 1 is 1.57 bits per heavy atom. The molecule has 0 spiro atoms. The zero-order valence-electron chi connectivity index (χ0n) is 8.35. The van der Waals surface area contributed by atoms with E-state index in [0.717, 1.165) is 15.5 Å². The van der Waals surface area contributed by atoms with Gasteiger partial charge in [-0.05, 0) is 34.2 Å². The normalized spacial score (nSPS) is 19.9. The smallest absolute Gasteiger partial charge is 0.183 e. The van der Waals surface area contributed by atoms with Gasteiger partial charge in [0.2, 0.25) is 0 Å². The highest BCUT2D eigenvalue weighted by atomic mass is 79.9. The van der Waals surface area contributed by atoms with Gasteiger partial charge in [0.1, 0.15) is 0 Å². The number of nitrogens with zero attached hydrogens (tertiary/aromatic N) is 1. The van der Waals surface area contributed by atoms with Crippen molar-refractivity contribution in [2.45, 2.75) is 32.6 Å². The van der Waals surface area contributed by atoms with Gasteiger partial charge in [-0.3, -0.25) is 0 Å². The molecule has 0 atom stereocenters. The van der Waals surface area contributed by atoms with Crippen molar-refractivity contribution in [1.29, 1.82) is 0 Å². The summed E-state index contributed by atoms with van der Waals surface area (Å²) < 4.78 is 1.09. The van der Waals surface area contributed by atoms with Crippen molar-refractivity contribution in [2.24, 2.45) is 5.41 Å². The molecule has 0 aliphatic heterocycles. The minimum Gasteiger partial charge on any atom is -0.361 e. The quantitative estimate of drug-likeness (QED) is 0.905. The Bertz CT molecular complexity index is 305. The van der Waals surface area contributed by atoms with Crippen LogP contribution in [0.5, 0.6) is 0 Å². The van der Waals surface area contributed by atoms with Gasteiger partial charge in [-0.25, -0.2) is 4.98 Å². The molecule has 0 aromatic carbocycles. The van der Waals surface area contributed by atoms with Crippen molar-refractivity contribution in [3.63, 3.8) is 0 Å². The summed E-state index contributed by atoms with van der Waals surface area (Å²) in [5.41, 5.74) is 0.498. The Morgan fingerprint density at radius 3 is 2.86 bits per heavy atom. The molecular weight excluding hydrogens is 260 g/mol. The number of rotatable bonds is 3. The first-order chi connectivity index (χ1) is 6.68. The first-order valence-electron chi connectivity index (χ1n) is 5.03. The minimum absolute atomic E-state index is 0.498. The first-order valence-corrected chi connectivity index (χ1v) is 6.64. The van der Waals surface area contributed by atoms with Crippen molar-refractivity contribution in [2.75, 3.05) is 11.9 Å². The number of anilines is 1. The van der Waals surface area contributed by atoms with E-state index >= 15 is 0 Å². The van der Waals surface area contributed by atoms with Crippen molar-refractivity contribution in [3.8, 4) is 0 Å². The Hall–Kier alpha value is -0.0900. The highest BCUT2D eigenvalue weighted by Gasteiger charge is 2.28.